The summed E-state index contributed by atoms with van der Waals surface area (Å²) in [7, 11) is 0. The van der Waals surface area contributed by atoms with Crippen LogP contribution in [0, 0.1) is 0 Å². The molecule has 0 aliphatic heterocycles. The Morgan fingerprint density at radius 2 is 1.68 bits per heavy atom. The number of amides is 2. The first-order chi connectivity index (χ1) is 8.87. The fraction of sp³-hybridized carbons (Fsp3) is 0.467. The number of hydrogen-bond acceptors (Lipinski definition) is 2. The Morgan fingerprint density at radius 1 is 1.05 bits per heavy atom. The van der Waals surface area contributed by atoms with Crippen LogP contribution >= 0.6 is 0 Å². The second kappa shape index (κ2) is 6.92. The Labute approximate surface area is 114 Å². The molecule has 19 heavy (non-hydrogen) atoms. The Morgan fingerprint density at radius 3 is 2.26 bits per heavy atom. The predicted octanol–water partition coefficient (Wildman–Crippen LogP) is 1.65. The molecule has 0 heterocycles. The maximum absolute atomic E-state index is 11.6. The van der Waals surface area contributed by atoms with Crippen molar-refractivity contribution in [2.24, 2.45) is 0 Å². The molecule has 0 saturated heterocycles. The minimum Gasteiger partial charge on any atom is -0.355 e. The third-order valence-corrected chi connectivity index (χ3v) is 2.41. The highest BCUT2D eigenvalue weighted by molar-refractivity contribution is 5.97. The zero-order valence-electron chi connectivity index (χ0n) is 11.8. The van der Waals surface area contributed by atoms with Crippen LogP contribution in [0.3, 0.4) is 0 Å². The highest BCUT2D eigenvalue weighted by Crippen LogP contribution is 2.00. The quantitative estimate of drug-likeness (QED) is 0.793. The molecule has 0 aromatic heterocycles. The molecule has 4 nitrogen and oxygen atoms in total. The van der Waals surface area contributed by atoms with E-state index in [1.807, 2.05) is 51.1 Å². The fourth-order valence-electron chi connectivity index (χ4n) is 1.66. The van der Waals surface area contributed by atoms with E-state index in [2.05, 4.69) is 10.6 Å². The molecule has 1 rings (SSSR count). The molecular formula is C15H22N2O2. The molecule has 1 aromatic rings. The van der Waals surface area contributed by atoms with Gasteiger partial charge in [-0.05, 0) is 32.8 Å². The SMILES string of the molecule is CC(C)(C)NC(=O)CC(=O)NCCc1ccccc1. The topological polar surface area (TPSA) is 58.2 Å². The first-order valence-corrected chi connectivity index (χ1v) is 6.48. The first kappa shape index (κ1) is 15.2. The summed E-state index contributed by atoms with van der Waals surface area (Å²) in [6, 6.07) is 9.91. The van der Waals surface area contributed by atoms with Crippen LogP contribution in [0.5, 0.6) is 0 Å². The third kappa shape index (κ3) is 7.24. The van der Waals surface area contributed by atoms with Crippen LogP contribution in [0.4, 0.5) is 0 Å². The van der Waals surface area contributed by atoms with Crippen molar-refractivity contribution in [1.29, 1.82) is 0 Å². The molecule has 0 fully saturated rings. The highest BCUT2D eigenvalue weighted by atomic mass is 16.2. The normalized spacial score (nSPS) is 10.9. The van der Waals surface area contributed by atoms with Gasteiger partial charge in [-0.2, -0.15) is 0 Å². The van der Waals surface area contributed by atoms with Crippen molar-refractivity contribution < 1.29 is 9.59 Å². The van der Waals surface area contributed by atoms with Crippen molar-refractivity contribution in [2.75, 3.05) is 6.54 Å². The molecule has 0 saturated carbocycles. The van der Waals surface area contributed by atoms with E-state index in [1.165, 1.54) is 5.56 Å². The molecule has 0 radical (unpaired) electrons. The van der Waals surface area contributed by atoms with E-state index in [0.29, 0.717) is 6.54 Å². The summed E-state index contributed by atoms with van der Waals surface area (Å²) in [4.78, 5) is 23.1. The van der Waals surface area contributed by atoms with Crippen LogP contribution < -0.4 is 10.6 Å². The van der Waals surface area contributed by atoms with Crippen molar-refractivity contribution >= 4 is 11.8 Å². The lowest BCUT2D eigenvalue weighted by Crippen LogP contribution is -2.42. The van der Waals surface area contributed by atoms with Gasteiger partial charge in [0.1, 0.15) is 6.42 Å². The molecule has 0 bridgehead atoms. The summed E-state index contributed by atoms with van der Waals surface area (Å²) < 4.78 is 0. The first-order valence-electron chi connectivity index (χ1n) is 6.48. The summed E-state index contributed by atoms with van der Waals surface area (Å²) >= 11 is 0. The van der Waals surface area contributed by atoms with E-state index in [0.717, 1.165) is 6.42 Å². The molecule has 0 aliphatic rings. The average Bonchev–Trinajstić information content (AvgIpc) is 2.27. The zero-order valence-corrected chi connectivity index (χ0v) is 11.8. The lowest BCUT2D eigenvalue weighted by atomic mass is 10.1. The van der Waals surface area contributed by atoms with Gasteiger partial charge in [-0.15, -0.1) is 0 Å². The predicted molar refractivity (Wildman–Crippen MR) is 75.7 cm³/mol. The fourth-order valence-corrected chi connectivity index (χ4v) is 1.66. The van der Waals surface area contributed by atoms with Crippen LogP contribution in [0.15, 0.2) is 30.3 Å². The standard InChI is InChI=1S/C15H22N2O2/c1-15(2,3)17-14(19)11-13(18)16-10-9-12-7-5-4-6-8-12/h4-8H,9-11H2,1-3H3,(H,16,18)(H,17,19). The number of rotatable bonds is 5. The summed E-state index contributed by atoms with van der Waals surface area (Å²) in [6.07, 6.45) is 0.652. The molecule has 0 atom stereocenters. The van der Waals surface area contributed by atoms with Crippen LogP contribution in [-0.4, -0.2) is 23.9 Å². The number of nitrogens with one attached hydrogen (secondary N) is 2. The van der Waals surface area contributed by atoms with Gasteiger partial charge in [-0.1, -0.05) is 30.3 Å². The molecule has 0 unspecified atom stereocenters. The summed E-state index contributed by atoms with van der Waals surface area (Å²) in [5.41, 5.74) is 0.864. The zero-order chi connectivity index (χ0) is 14.3. The van der Waals surface area contributed by atoms with E-state index in [9.17, 15) is 9.59 Å². The molecular weight excluding hydrogens is 240 g/mol. The molecule has 2 amide bonds. The van der Waals surface area contributed by atoms with Gasteiger partial charge in [0.25, 0.3) is 0 Å². The van der Waals surface area contributed by atoms with Gasteiger partial charge >= 0.3 is 0 Å². The molecule has 104 valence electrons. The van der Waals surface area contributed by atoms with E-state index in [1.54, 1.807) is 0 Å². The minimum absolute atomic E-state index is 0.119. The molecule has 0 spiro atoms. The smallest absolute Gasteiger partial charge is 0.229 e. The Bertz CT molecular complexity index is 422. The van der Waals surface area contributed by atoms with Crippen LogP contribution in [0.25, 0.3) is 0 Å². The van der Waals surface area contributed by atoms with Gasteiger partial charge in [0.05, 0.1) is 0 Å². The van der Waals surface area contributed by atoms with Gasteiger partial charge in [0.15, 0.2) is 0 Å². The number of carbonyl (C=O) groups is 2. The van der Waals surface area contributed by atoms with Crippen LogP contribution in [0.1, 0.15) is 32.8 Å². The van der Waals surface area contributed by atoms with E-state index in [4.69, 9.17) is 0 Å². The van der Waals surface area contributed by atoms with Gasteiger partial charge < -0.3 is 10.6 Å². The second-order valence-corrected chi connectivity index (χ2v) is 5.56. The maximum Gasteiger partial charge on any atom is 0.229 e. The van der Waals surface area contributed by atoms with Crippen molar-refractivity contribution in [3.05, 3.63) is 35.9 Å². The number of benzene rings is 1. The van der Waals surface area contributed by atoms with Crippen molar-refractivity contribution in [2.45, 2.75) is 39.2 Å². The lowest BCUT2D eigenvalue weighted by molar-refractivity contribution is -0.130. The average molecular weight is 262 g/mol. The molecule has 1 aromatic carbocycles. The number of hydrogen-bond donors (Lipinski definition) is 2. The Kier molecular flexibility index (Phi) is 5.55. The van der Waals surface area contributed by atoms with E-state index < -0.39 is 0 Å². The van der Waals surface area contributed by atoms with Crippen molar-refractivity contribution in [3.8, 4) is 0 Å². The molecule has 2 N–H and O–H groups in total. The van der Waals surface area contributed by atoms with Crippen LogP contribution in [0.2, 0.25) is 0 Å². The monoisotopic (exact) mass is 262 g/mol. The number of carbonyl (C=O) groups excluding carboxylic acids is 2. The van der Waals surface area contributed by atoms with Crippen molar-refractivity contribution in [3.63, 3.8) is 0 Å². The largest absolute Gasteiger partial charge is 0.355 e. The van der Waals surface area contributed by atoms with E-state index >= 15 is 0 Å². The van der Waals surface area contributed by atoms with Gasteiger partial charge in [-0.3, -0.25) is 9.59 Å². The summed E-state index contributed by atoms with van der Waals surface area (Å²) in [5.74, 6) is -0.484. The maximum atomic E-state index is 11.6. The minimum atomic E-state index is -0.304. The highest BCUT2D eigenvalue weighted by Gasteiger charge is 2.16. The van der Waals surface area contributed by atoms with Crippen molar-refractivity contribution in [1.82, 2.24) is 10.6 Å². The molecule has 0 aliphatic carbocycles. The van der Waals surface area contributed by atoms with Gasteiger partial charge in [-0.25, -0.2) is 0 Å². The summed E-state index contributed by atoms with van der Waals surface area (Å²) in [6.45, 7) is 6.21. The Hall–Kier alpha value is -1.84. The van der Waals surface area contributed by atoms with Crippen LogP contribution in [-0.2, 0) is 16.0 Å². The summed E-state index contributed by atoms with van der Waals surface area (Å²) in [5, 5.41) is 5.51. The Balaban J connectivity index is 2.23. The van der Waals surface area contributed by atoms with E-state index in [-0.39, 0.29) is 23.8 Å². The third-order valence-electron chi connectivity index (χ3n) is 2.41. The second-order valence-electron chi connectivity index (χ2n) is 5.56. The lowest BCUT2D eigenvalue weighted by Gasteiger charge is -2.20. The molecule has 4 heteroatoms. The van der Waals surface area contributed by atoms with Gasteiger partial charge in [0, 0.05) is 12.1 Å². The van der Waals surface area contributed by atoms with Gasteiger partial charge in [0.2, 0.25) is 11.8 Å².